The minimum absolute atomic E-state index is 0.410. The molecule has 0 spiro atoms. The van der Waals surface area contributed by atoms with Gasteiger partial charge in [0.15, 0.2) is 0 Å². The van der Waals surface area contributed by atoms with Gasteiger partial charge >= 0.3 is 0 Å². The molecule has 0 N–H and O–H groups in total. The van der Waals surface area contributed by atoms with Crippen LogP contribution in [-0.4, -0.2) is 14.7 Å². The highest BCUT2D eigenvalue weighted by atomic mass is 32.1. The fraction of sp³-hybridized carbons (Fsp3) is 0.364. The molecule has 4 heteroatoms. The molecule has 3 nitrogen and oxygen atoms in total. The van der Waals surface area contributed by atoms with Gasteiger partial charge in [-0.25, -0.2) is 4.98 Å². The summed E-state index contributed by atoms with van der Waals surface area (Å²) in [7, 11) is 0. The zero-order valence-corrected chi connectivity index (χ0v) is 16.1. The molecule has 0 radical (unpaired) electrons. The summed E-state index contributed by atoms with van der Waals surface area (Å²) in [6.45, 7) is 4.61. The molecule has 0 saturated heterocycles. The van der Waals surface area contributed by atoms with Gasteiger partial charge in [-0.15, -0.1) is 0 Å². The first-order valence-electron chi connectivity index (χ1n) is 9.48. The summed E-state index contributed by atoms with van der Waals surface area (Å²) in [6, 6.07) is 14.4. The van der Waals surface area contributed by atoms with Gasteiger partial charge in [-0.05, 0) is 78.7 Å². The Labute approximate surface area is 160 Å². The Hall–Kier alpha value is -2.20. The second kappa shape index (κ2) is 7.20. The Morgan fingerprint density at radius 1 is 1.19 bits per heavy atom. The van der Waals surface area contributed by atoms with Gasteiger partial charge < -0.3 is 4.74 Å². The van der Waals surface area contributed by atoms with Gasteiger partial charge in [0.05, 0.1) is 11.0 Å². The lowest BCUT2D eigenvalue weighted by molar-refractivity contribution is 0.352. The van der Waals surface area contributed by atoms with Crippen molar-refractivity contribution in [2.24, 2.45) is 5.92 Å². The Morgan fingerprint density at radius 3 is 2.85 bits per heavy atom. The number of nitrogens with zero attached hydrogens (tertiary/aromatic N) is 2. The molecule has 134 valence electrons. The Balaban J connectivity index is 1.59. The maximum atomic E-state index is 6.01. The first-order valence-corrected chi connectivity index (χ1v) is 9.89. The monoisotopic (exact) mass is 364 g/mol. The molecule has 0 aliphatic heterocycles. The van der Waals surface area contributed by atoms with E-state index in [1.54, 1.807) is 6.33 Å². The second-order valence-electron chi connectivity index (χ2n) is 7.05. The quantitative estimate of drug-likeness (QED) is 0.557. The van der Waals surface area contributed by atoms with E-state index >= 15 is 0 Å². The van der Waals surface area contributed by atoms with Gasteiger partial charge in [0.1, 0.15) is 12.1 Å². The van der Waals surface area contributed by atoms with Crippen LogP contribution in [0.4, 0.5) is 0 Å². The van der Waals surface area contributed by atoms with Crippen molar-refractivity contribution >= 4 is 28.4 Å². The van der Waals surface area contributed by atoms with Crippen LogP contribution in [0, 0.1) is 5.92 Å². The summed E-state index contributed by atoms with van der Waals surface area (Å²) in [4.78, 5) is 4.39. The second-order valence-corrected chi connectivity index (χ2v) is 7.40. The van der Waals surface area contributed by atoms with Crippen LogP contribution in [0.5, 0.6) is 5.75 Å². The van der Waals surface area contributed by atoms with Crippen molar-refractivity contribution in [2.45, 2.75) is 45.4 Å². The summed E-state index contributed by atoms with van der Waals surface area (Å²) in [5, 5.41) is 0.410. The van der Waals surface area contributed by atoms with Crippen molar-refractivity contribution in [3.63, 3.8) is 0 Å². The Bertz CT molecular complexity index is 946. The third kappa shape index (κ3) is 3.03. The minimum atomic E-state index is 0.410. The largest absolute Gasteiger partial charge is 0.431 e. The first kappa shape index (κ1) is 17.2. The molecule has 1 aliphatic carbocycles. The molecule has 4 rings (SSSR count). The van der Waals surface area contributed by atoms with Crippen molar-refractivity contribution in [2.75, 3.05) is 0 Å². The van der Waals surface area contributed by atoms with Crippen LogP contribution in [0.25, 0.3) is 11.0 Å². The van der Waals surface area contributed by atoms with Crippen molar-refractivity contribution in [1.82, 2.24) is 9.55 Å². The van der Waals surface area contributed by atoms with E-state index in [9.17, 15) is 0 Å². The van der Waals surface area contributed by atoms with E-state index in [4.69, 9.17) is 17.0 Å². The van der Waals surface area contributed by atoms with Crippen molar-refractivity contribution in [3.05, 3.63) is 59.9 Å². The molecule has 2 atom stereocenters. The Kier molecular flexibility index (Phi) is 4.77. The molecule has 0 amide bonds. The fourth-order valence-electron chi connectivity index (χ4n) is 4.32. The van der Waals surface area contributed by atoms with E-state index in [2.05, 4.69) is 37.0 Å². The number of rotatable bonds is 3. The molecule has 1 heterocycles. The molecule has 2 unspecified atom stereocenters. The SMILES string of the molecule is CCC1CCc2cc(OC(=S)n3cnc4ccccc43)ccc2C1CC. The third-order valence-corrected chi connectivity index (χ3v) is 5.97. The number of thiocarbonyl (C=S) groups is 1. The summed E-state index contributed by atoms with van der Waals surface area (Å²) in [6.07, 6.45) is 6.58. The summed E-state index contributed by atoms with van der Waals surface area (Å²) < 4.78 is 7.83. The number of imidazole rings is 1. The van der Waals surface area contributed by atoms with E-state index in [-0.39, 0.29) is 0 Å². The molecule has 2 aromatic carbocycles. The predicted molar refractivity (Wildman–Crippen MR) is 110 cm³/mol. The number of aromatic nitrogens is 2. The number of benzene rings is 2. The smallest absolute Gasteiger partial charge is 0.274 e. The highest BCUT2D eigenvalue weighted by molar-refractivity contribution is 7.80. The number of fused-ring (bicyclic) bond motifs is 2. The van der Waals surface area contributed by atoms with E-state index < -0.39 is 0 Å². The number of ether oxygens (including phenoxy) is 1. The van der Waals surface area contributed by atoms with Gasteiger partial charge in [-0.3, -0.25) is 4.57 Å². The third-order valence-electron chi connectivity index (χ3n) is 5.69. The van der Waals surface area contributed by atoms with Gasteiger partial charge in [0, 0.05) is 0 Å². The topological polar surface area (TPSA) is 27.1 Å². The lowest BCUT2D eigenvalue weighted by Crippen LogP contribution is -2.20. The molecule has 0 bridgehead atoms. The van der Waals surface area contributed by atoms with Crippen molar-refractivity contribution in [1.29, 1.82) is 0 Å². The number of hydrogen-bond donors (Lipinski definition) is 0. The zero-order chi connectivity index (χ0) is 18.1. The van der Waals surface area contributed by atoms with E-state index in [0.29, 0.717) is 11.1 Å². The summed E-state index contributed by atoms with van der Waals surface area (Å²) >= 11 is 5.52. The molecule has 3 aromatic rings. The average molecular weight is 365 g/mol. The van der Waals surface area contributed by atoms with Crippen LogP contribution in [0.15, 0.2) is 48.8 Å². The van der Waals surface area contributed by atoms with Gasteiger partial charge in [-0.1, -0.05) is 38.5 Å². The molecule has 0 fully saturated rings. The van der Waals surface area contributed by atoms with E-state index in [1.165, 1.54) is 30.4 Å². The molecular weight excluding hydrogens is 340 g/mol. The maximum absolute atomic E-state index is 6.01. The van der Waals surface area contributed by atoms with Crippen LogP contribution in [-0.2, 0) is 6.42 Å². The van der Waals surface area contributed by atoms with E-state index in [0.717, 1.165) is 29.1 Å². The molecule has 26 heavy (non-hydrogen) atoms. The Morgan fingerprint density at radius 2 is 2.04 bits per heavy atom. The van der Waals surface area contributed by atoms with Crippen LogP contribution >= 0.6 is 12.2 Å². The number of aryl methyl sites for hydroxylation is 1. The van der Waals surface area contributed by atoms with Gasteiger partial charge in [0.2, 0.25) is 0 Å². The normalized spacial score (nSPS) is 19.3. The molecular formula is C22H24N2OS. The molecule has 1 aromatic heterocycles. The van der Waals surface area contributed by atoms with E-state index in [1.807, 2.05) is 28.8 Å². The first-order chi connectivity index (χ1) is 12.7. The van der Waals surface area contributed by atoms with Crippen LogP contribution < -0.4 is 4.74 Å². The molecule has 1 aliphatic rings. The molecule has 0 saturated carbocycles. The maximum Gasteiger partial charge on any atom is 0.274 e. The highest BCUT2D eigenvalue weighted by Crippen LogP contribution is 2.41. The van der Waals surface area contributed by atoms with Crippen molar-refractivity contribution in [3.8, 4) is 5.75 Å². The summed E-state index contributed by atoms with van der Waals surface area (Å²) in [5.41, 5.74) is 4.79. The van der Waals surface area contributed by atoms with Crippen LogP contribution in [0.1, 0.15) is 50.2 Å². The fourth-order valence-corrected chi connectivity index (χ4v) is 4.56. The van der Waals surface area contributed by atoms with Crippen LogP contribution in [0.3, 0.4) is 0 Å². The summed E-state index contributed by atoms with van der Waals surface area (Å²) in [5.74, 6) is 2.29. The van der Waals surface area contributed by atoms with Crippen molar-refractivity contribution < 1.29 is 4.74 Å². The highest BCUT2D eigenvalue weighted by Gasteiger charge is 2.27. The predicted octanol–water partition coefficient (Wildman–Crippen LogP) is 5.71. The number of hydrogen-bond acceptors (Lipinski definition) is 3. The van der Waals surface area contributed by atoms with Gasteiger partial charge in [-0.2, -0.15) is 0 Å². The standard InChI is InChI=1S/C22H24N2OS/c1-3-15-9-10-16-13-17(11-12-19(16)18(15)4-2)25-22(26)24-14-23-20-7-5-6-8-21(20)24/h5-8,11-15,18H,3-4,9-10H2,1-2H3. The minimum Gasteiger partial charge on any atom is -0.431 e. The average Bonchev–Trinajstić information content (AvgIpc) is 3.11. The lowest BCUT2D eigenvalue weighted by Gasteiger charge is -2.32. The lowest BCUT2D eigenvalue weighted by atomic mass is 9.73. The van der Waals surface area contributed by atoms with Gasteiger partial charge in [0.25, 0.3) is 5.17 Å². The number of para-hydroxylation sites is 2. The zero-order valence-electron chi connectivity index (χ0n) is 15.3. The van der Waals surface area contributed by atoms with Crippen LogP contribution in [0.2, 0.25) is 0 Å².